The second-order valence-electron chi connectivity index (χ2n) is 3.62. The summed E-state index contributed by atoms with van der Waals surface area (Å²) in [5, 5.41) is 0. The van der Waals surface area contributed by atoms with E-state index in [1.54, 1.807) is 0 Å². The molecule has 2 nitrogen and oxygen atoms in total. The topological polar surface area (TPSA) is 52.0 Å². The van der Waals surface area contributed by atoms with Crippen molar-refractivity contribution in [3.63, 3.8) is 0 Å². The van der Waals surface area contributed by atoms with Gasteiger partial charge < -0.3 is 11.5 Å². The summed E-state index contributed by atoms with van der Waals surface area (Å²) < 4.78 is 0. The molecule has 0 saturated heterocycles. The summed E-state index contributed by atoms with van der Waals surface area (Å²) in [6.07, 6.45) is 8.88. The van der Waals surface area contributed by atoms with Gasteiger partial charge in [-0.2, -0.15) is 0 Å². The fraction of sp³-hybridized carbons (Fsp3) is 0.818. The van der Waals surface area contributed by atoms with Crippen molar-refractivity contribution in [3.05, 3.63) is 12.2 Å². The molecule has 0 aromatic carbocycles. The van der Waals surface area contributed by atoms with E-state index >= 15 is 0 Å². The predicted octanol–water partition coefficient (Wildman–Crippen LogP) is 2.05. The second kappa shape index (κ2) is 7.10. The van der Waals surface area contributed by atoms with Gasteiger partial charge in [0.2, 0.25) is 0 Å². The summed E-state index contributed by atoms with van der Waals surface area (Å²) in [4.78, 5) is 0. The van der Waals surface area contributed by atoms with Crippen molar-refractivity contribution in [2.75, 3.05) is 13.1 Å². The molecule has 0 aromatic heterocycles. The average molecular weight is 184 g/mol. The summed E-state index contributed by atoms with van der Waals surface area (Å²) >= 11 is 0. The molecule has 1 unspecified atom stereocenters. The Bertz CT molecular complexity index is 137. The van der Waals surface area contributed by atoms with Gasteiger partial charge in [-0.15, -0.1) is 0 Å². The fourth-order valence-corrected chi connectivity index (χ4v) is 1.51. The minimum Gasteiger partial charge on any atom is -0.330 e. The Balaban J connectivity index is 4.21. The molecule has 0 aliphatic heterocycles. The Kier molecular flexibility index (Phi) is 6.92. The highest BCUT2D eigenvalue weighted by Crippen LogP contribution is 2.28. The van der Waals surface area contributed by atoms with Gasteiger partial charge in [0.05, 0.1) is 0 Å². The number of hydrogen-bond donors (Lipinski definition) is 2. The van der Waals surface area contributed by atoms with Crippen LogP contribution in [0.5, 0.6) is 0 Å². The monoisotopic (exact) mass is 184 g/mol. The highest BCUT2D eigenvalue weighted by atomic mass is 14.6. The molecule has 0 spiro atoms. The minimum absolute atomic E-state index is 0.204. The molecule has 1 atom stereocenters. The van der Waals surface area contributed by atoms with E-state index in [-0.39, 0.29) is 5.41 Å². The molecule has 0 amide bonds. The van der Waals surface area contributed by atoms with Crippen LogP contribution >= 0.6 is 0 Å². The fourth-order valence-electron chi connectivity index (χ4n) is 1.51. The third-order valence-corrected chi connectivity index (χ3v) is 2.70. The molecule has 0 bridgehead atoms. The number of hydrogen-bond acceptors (Lipinski definition) is 2. The first-order chi connectivity index (χ1) is 6.24. The molecule has 0 fully saturated rings. The standard InChI is InChI=1S/C11H24N2/c1-3-5-7-11(4-2,10-13)8-6-9-12/h5,7H,3-4,6,8-10,12-13H2,1-2H3/b7-5+. The van der Waals surface area contributed by atoms with E-state index in [2.05, 4.69) is 26.0 Å². The normalized spacial score (nSPS) is 16.3. The third-order valence-electron chi connectivity index (χ3n) is 2.70. The Morgan fingerprint density at radius 3 is 2.31 bits per heavy atom. The molecule has 2 heteroatoms. The van der Waals surface area contributed by atoms with Crippen LogP contribution in [0.4, 0.5) is 0 Å². The molecule has 4 N–H and O–H groups in total. The van der Waals surface area contributed by atoms with Crippen molar-refractivity contribution in [1.29, 1.82) is 0 Å². The first-order valence-corrected chi connectivity index (χ1v) is 5.32. The van der Waals surface area contributed by atoms with Crippen LogP contribution in [0.1, 0.15) is 39.5 Å². The molecular formula is C11H24N2. The Morgan fingerprint density at radius 2 is 1.92 bits per heavy atom. The summed E-state index contributed by atoms with van der Waals surface area (Å²) in [6.45, 7) is 5.85. The van der Waals surface area contributed by atoms with Crippen molar-refractivity contribution in [2.24, 2.45) is 16.9 Å². The lowest BCUT2D eigenvalue weighted by molar-refractivity contribution is 0.340. The van der Waals surface area contributed by atoms with Crippen molar-refractivity contribution in [1.82, 2.24) is 0 Å². The van der Waals surface area contributed by atoms with Gasteiger partial charge >= 0.3 is 0 Å². The van der Waals surface area contributed by atoms with Gasteiger partial charge in [0.25, 0.3) is 0 Å². The van der Waals surface area contributed by atoms with Gasteiger partial charge in [-0.25, -0.2) is 0 Å². The molecule has 13 heavy (non-hydrogen) atoms. The van der Waals surface area contributed by atoms with Gasteiger partial charge in [0.15, 0.2) is 0 Å². The van der Waals surface area contributed by atoms with Crippen molar-refractivity contribution >= 4 is 0 Å². The first kappa shape index (κ1) is 12.7. The van der Waals surface area contributed by atoms with Crippen LogP contribution in [0.2, 0.25) is 0 Å². The number of nitrogens with two attached hydrogens (primary N) is 2. The SMILES string of the molecule is CC/C=C/C(CC)(CN)CCCN. The summed E-state index contributed by atoms with van der Waals surface area (Å²) in [5.74, 6) is 0. The van der Waals surface area contributed by atoms with Crippen LogP contribution in [0.15, 0.2) is 12.2 Å². The number of rotatable bonds is 7. The smallest absolute Gasteiger partial charge is 0.00141 e. The predicted molar refractivity (Wildman–Crippen MR) is 59.5 cm³/mol. The highest BCUT2D eigenvalue weighted by molar-refractivity contribution is 4.99. The van der Waals surface area contributed by atoms with Gasteiger partial charge in [0.1, 0.15) is 0 Å². The second-order valence-corrected chi connectivity index (χ2v) is 3.62. The van der Waals surface area contributed by atoms with E-state index in [1.165, 1.54) is 0 Å². The Hall–Kier alpha value is -0.340. The zero-order chi connectivity index (χ0) is 10.2. The first-order valence-electron chi connectivity index (χ1n) is 5.32. The van der Waals surface area contributed by atoms with Gasteiger partial charge in [-0.3, -0.25) is 0 Å². The van der Waals surface area contributed by atoms with Crippen LogP contribution in [0.25, 0.3) is 0 Å². The van der Waals surface area contributed by atoms with Crippen LogP contribution in [-0.4, -0.2) is 13.1 Å². The molecule has 0 radical (unpaired) electrons. The Morgan fingerprint density at radius 1 is 1.23 bits per heavy atom. The van der Waals surface area contributed by atoms with E-state index in [4.69, 9.17) is 11.5 Å². The Labute approximate surface area is 82.4 Å². The maximum Gasteiger partial charge on any atom is 0.00141 e. The third kappa shape index (κ3) is 4.44. The number of allylic oxidation sites excluding steroid dienone is 1. The van der Waals surface area contributed by atoms with Crippen LogP contribution in [0.3, 0.4) is 0 Å². The maximum atomic E-state index is 5.81. The quantitative estimate of drug-likeness (QED) is 0.595. The van der Waals surface area contributed by atoms with Gasteiger partial charge in [-0.1, -0.05) is 26.0 Å². The lowest BCUT2D eigenvalue weighted by Crippen LogP contribution is -2.28. The van der Waals surface area contributed by atoms with Crippen molar-refractivity contribution < 1.29 is 0 Å². The van der Waals surface area contributed by atoms with Crippen LogP contribution in [0, 0.1) is 5.41 Å². The molecule has 0 aliphatic carbocycles. The van der Waals surface area contributed by atoms with Crippen LogP contribution < -0.4 is 11.5 Å². The van der Waals surface area contributed by atoms with Crippen molar-refractivity contribution in [3.8, 4) is 0 Å². The summed E-state index contributed by atoms with van der Waals surface area (Å²) in [7, 11) is 0. The molecular weight excluding hydrogens is 160 g/mol. The zero-order valence-electron chi connectivity index (χ0n) is 9.05. The molecule has 0 aliphatic rings. The summed E-state index contributed by atoms with van der Waals surface area (Å²) in [6, 6.07) is 0. The molecule has 0 rings (SSSR count). The van der Waals surface area contributed by atoms with Crippen LogP contribution in [-0.2, 0) is 0 Å². The van der Waals surface area contributed by atoms with Gasteiger partial charge in [-0.05, 0) is 32.2 Å². The van der Waals surface area contributed by atoms with Crippen molar-refractivity contribution in [2.45, 2.75) is 39.5 Å². The van der Waals surface area contributed by atoms with E-state index < -0.39 is 0 Å². The molecule has 0 saturated carbocycles. The highest BCUT2D eigenvalue weighted by Gasteiger charge is 2.21. The lowest BCUT2D eigenvalue weighted by atomic mass is 9.80. The lowest BCUT2D eigenvalue weighted by Gasteiger charge is -2.27. The van der Waals surface area contributed by atoms with Gasteiger partial charge in [0, 0.05) is 12.0 Å². The van der Waals surface area contributed by atoms with E-state index in [0.29, 0.717) is 0 Å². The molecule has 78 valence electrons. The van der Waals surface area contributed by atoms with E-state index in [0.717, 1.165) is 38.8 Å². The average Bonchev–Trinajstić information content (AvgIpc) is 2.20. The maximum absolute atomic E-state index is 5.81. The van der Waals surface area contributed by atoms with E-state index in [9.17, 15) is 0 Å². The zero-order valence-corrected chi connectivity index (χ0v) is 9.05. The largest absolute Gasteiger partial charge is 0.330 e. The summed E-state index contributed by atoms with van der Waals surface area (Å²) in [5.41, 5.74) is 11.5. The minimum atomic E-state index is 0.204. The molecule has 0 aromatic rings. The van der Waals surface area contributed by atoms with E-state index in [1.807, 2.05) is 0 Å². The molecule has 0 heterocycles.